The summed E-state index contributed by atoms with van der Waals surface area (Å²) < 4.78 is 10.8. The fourth-order valence-corrected chi connectivity index (χ4v) is 6.16. The Hall–Kier alpha value is -3.26. The molecular formula is C41H76N4O10. The van der Waals surface area contributed by atoms with Gasteiger partial charge in [0.15, 0.2) is 5.78 Å². The van der Waals surface area contributed by atoms with Crippen molar-refractivity contribution in [1.29, 1.82) is 0 Å². The second-order valence-corrected chi connectivity index (χ2v) is 14.4. The van der Waals surface area contributed by atoms with Crippen molar-refractivity contribution >= 4 is 35.6 Å². The van der Waals surface area contributed by atoms with Gasteiger partial charge in [-0.2, -0.15) is 0 Å². The van der Waals surface area contributed by atoms with Gasteiger partial charge in [0, 0.05) is 44.8 Å². The average molecular weight is 785 g/mol. The molecule has 0 spiro atoms. The molecule has 14 heteroatoms. The molecule has 0 aliphatic carbocycles. The monoisotopic (exact) mass is 785 g/mol. The van der Waals surface area contributed by atoms with Crippen molar-refractivity contribution in [2.24, 2.45) is 5.92 Å². The van der Waals surface area contributed by atoms with E-state index in [0.717, 1.165) is 51.4 Å². The Balaban J connectivity index is 3.69. The number of aliphatic carboxylic acids is 2. The number of nitrogens with one attached hydrogen (secondary N) is 4. The summed E-state index contributed by atoms with van der Waals surface area (Å²) >= 11 is 0. The van der Waals surface area contributed by atoms with Gasteiger partial charge in [0.05, 0.1) is 19.8 Å². The lowest BCUT2D eigenvalue weighted by molar-refractivity contribution is -0.142. The average Bonchev–Trinajstić information content (AvgIpc) is 3.15. The fourth-order valence-electron chi connectivity index (χ4n) is 6.16. The molecule has 0 saturated carbocycles. The van der Waals surface area contributed by atoms with E-state index in [1.165, 1.54) is 57.8 Å². The largest absolute Gasteiger partial charge is 0.481 e. The van der Waals surface area contributed by atoms with Crippen molar-refractivity contribution < 1.29 is 48.5 Å². The van der Waals surface area contributed by atoms with Gasteiger partial charge < -0.3 is 41.0 Å². The standard InChI is InChI=1S/C41H76N4O10/c1-3-34(4-2)36(46)33-55-32-31-54-30-29-44-41(53)43-28-22-21-27-42-37(47)26-25-35(40(51)52)45-38(48)23-19-17-15-13-11-9-7-5-6-8-10-12-14-16-18-20-24-39(49)50/h34-35H,3-33H2,1-2H3,(H,42,47)(H,45,48)(H,49,50)(H,51,52)(H2,43,44,53)/t35-/m0/s1. The zero-order valence-corrected chi connectivity index (χ0v) is 34.2. The number of hydrogen-bond donors (Lipinski definition) is 6. The number of carbonyl (C=O) groups is 6. The number of carboxylic acid groups (broad SMARTS) is 2. The van der Waals surface area contributed by atoms with Gasteiger partial charge in [-0.3, -0.25) is 19.2 Å². The Kier molecular flexibility index (Phi) is 35.4. The molecule has 0 aromatic carbocycles. The zero-order chi connectivity index (χ0) is 40.8. The van der Waals surface area contributed by atoms with Crippen molar-refractivity contribution in [2.45, 2.75) is 174 Å². The summed E-state index contributed by atoms with van der Waals surface area (Å²) in [5.74, 6) is -2.29. The third-order valence-corrected chi connectivity index (χ3v) is 9.64. The smallest absolute Gasteiger partial charge is 0.326 e. The number of Topliss-reactive ketones (excluding diaryl/α,β-unsaturated/α-hetero) is 1. The van der Waals surface area contributed by atoms with Crippen LogP contribution in [0.4, 0.5) is 4.79 Å². The first-order valence-electron chi connectivity index (χ1n) is 21.3. The Morgan fingerprint density at radius 3 is 1.49 bits per heavy atom. The van der Waals surface area contributed by atoms with Crippen LogP contribution < -0.4 is 21.3 Å². The van der Waals surface area contributed by atoms with Gasteiger partial charge in [-0.05, 0) is 44.9 Å². The molecule has 0 radical (unpaired) electrons. The van der Waals surface area contributed by atoms with Gasteiger partial charge in [0.25, 0.3) is 0 Å². The summed E-state index contributed by atoms with van der Waals surface area (Å²) in [5.41, 5.74) is 0. The van der Waals surface area contributed by atoms with Crippen LogP contribution >= 0.6 is 0 Å². The Morgan fingerprint density at radius 1 is 0.509 bits per heavy atom. The van der Waals surface area contributed by atoms with Gasteiger partial charge in [-0.25, -0.2) is 9.59 Å². The minimum absolute atomic E-state index is 0.0135. The van der Waals surface area contributed by atoms with Gasteiger partial charge in [-0.15, -0.1) is 0 Å². The Morgan fingerprint density at radius 2 is 0.982 bits per heavy atom. The van der Waals surface area contributed by atoms with Crippen LogP contribution in [0.2, 0.25) is 0 Å². The highest BCUT2D eigenvalue weighted by atomic mass is 16.5. The van der Waals surface area contributed by atoms with E-state index < -0.39 is 18.0 Å². The van der Waals surface area contributed by atoms with Crippen LogP contribution in [0.5, 0.6) is 0 Å². The predicted molar refractivity (Wildman–Crippen MR) is 214 cm³/mol. The van der Waals surface area contributed by atoms with Gasteiger partial charge in [0.2, 0.25) is 11.8 Å². The molecule has 320 valence electrons. The third kappa shape index (κ3) is 34.9. The van der Waals surface area contributed by atoms with Crippen molar-refractivity contribution in [3.63, 3.8) is 0 Å². The Labute approximate surface area is 330 Å². The van der Waals surface area contributed by atoms with Gasteiger partial charge in [-0.1, -0.05) is 104 Å². The minimum atomic E-state index is -1.16. The highest BCUT2D eigenvalue weighted by molar-refractivity contribution is 5.84. The summed E-state index contributed by atoms with van der Waals surface area (Å²) in [6.07, 6.45) is 21.5. The second kappa shape index (κ2) is 37.7. The van der Waals surface area contributed by atoms with Crippen molar-refractivity contribution in [3.05, 3.63) is 0 Å². The molecule has 0 aliphatic rings. The summed E-state index contributed by atoms with van der Waals surface area (Å²) in [6, 6.07) is -1.42. The first-order chi connectivity index (χ1) is 26.6. The summed E-state index contributed by atoms with van der Waals surface area (Å²) in [5, 5.41) is 28.9. The number of rotatable bonds is 40. The molecule has 55 heavy (non-hydrogen) atoms. The SMILES string of the molecule is CCC(CC)C(=O)COCCOCCNC(=O)NCCCCNC(=O)CC[C@H](NC(=O)CCCCCCCCCCCCCCCCCCC(=O)O)C(=O)O. The van der Waals surface area contributed by atoms with E-state index >= 15 is 0 Å². The van der Waals surface area contributed by atoms with Crippen LogP contribution in [0.25, 0.3) is 0 Å². The van der Waals surface area contributed by atoms with E-state index in [4.69, 9.17) is 14.6 Å². The first-order valence-corrected chi connectivity index (χ1v) is 21.3. The quantitative estimate of drug-likeness (QED) is 0.0363. The molecule has 0 heterocycles. The topological polar surface area (TPSA) is 209 Å². The van der Waals surface area contributed by atoms with Crippen molar-refractivity contribution in [1.82, 2.24) is 21.3 Å². The maximum Gasteiger partial charge on any atom is 0.326 e. The molecule has 0 aliphatic heterocycles. The maximum absolute atomic E-state index is 12.3. The fraction of sp³-hybridized carbons (Fsp3) is 0.854. The third-order valence-electron chi connectivity index (χ3n) is 9.64. The predicted octanol–water partition coefficient (Wildman–Crippen LogP) is 6.68. The van der Waals surface area contributed by atoms with Crippen LogP contribution in [0.15, 0.2) is 0 Å². The number of urea groups is 1. The zero-order valence-electron chi connectivity index (χ0n) is 34.2. The summed E-state index contributed by atoms with van der Waals surface area (Å²) in [7, 11) is 0. The van der Waals surface area contributed by atoms with Gasteiger partial charge in [0.1, 0.15) is 12.6 Å². The van der Waals surface area contributed by atoms with Gasteiger partial charge >= 0.3 is 18.0 Å². The lowest BCUT2D eigenvalue weighted by atomic mass is 9.99. The van der Waals surface area contributed by atoms with E-state index in [0.29, 0.717) is 58.7 Å². The molecule has 14 nitrogen and oxygen atoms in total. The molecule has 0 saturated heterocycles. The normalized spacial score (nSPS) is 11.6. The number of hydrogen-bond acceptors (Lipinski definition) is 8. The van der Waals surface area contributed by atoms with E-state index in [1.807, 2.05) is 13.8 Å². The van der Waals surface area contributed by atoms with Crippen LogP contribution in [0.1, 0.15) is 168 Å². The highest BCUT2D eigenvalue weighted by Crippen LogP contribution is 2.15. The summed E-state index contributed by atoms with van der Waals surface area (Å²) in [4.78, 5) is 70.5. The molecule has 4 amide bonds. The minimum Gasteiger partial charge on any atom is -0.481 e. The number of ketones is 1. The number of amides is 4. The van der Waals surface area contributed by atoms with E-state index in [1.54, 1.807) is 0 Å². The first kappa shape index (κ1) is 51.7. The molecule has 0 unspecified atom stereocenters. The molecule has 0 fully saturated rings. The summed E-state index contributed by atoms with van der Waals surface area (Å²) in [6.45, 7) is 6.21. The molecule has 0 aromatic heterocycles. The number of unbranched alkanes of at least 4 members (excludes halogenated alkanes) is 16. The van der Waals surface area contributed by atoms with Crippen LogP contribution in [-0.4, -0.2) is 97.9 Å². The lowest BCUT2D eigenvalue weighted by Gasteiger charge is -2.14. The van der Waals surface area contributed by atoms with E-state index in [2.05, 4.69) is 21.3 Å². The van der Waals surface area contributed by atoms with Crippen LogP contribution in [-0.2, 0) is 33.4 Å². The molecule has 0 aromatic rings. The Bertz CT molecular complexity index is 1030. The van der Waals surface area contributed by atoms with Crippen molar-refractivity contribution in [2.75, 3.05) is 46.1 Å². The van der Waals surface area contributed by atoms with Crippen LogP contribution in [0.3, 0.4) is 0 Å². The van der Waals surface area contributed by atoms with E-state index in [9.17, 15) is 33.9 Å². The number of ether oxygens (including phenoxy) is 2. The van der Waals surface area contributed by atoms with E-state index in [-0.39, 0.29) is 61.8 Å². The number of carbonyl (C=O) groups excluding carboxylic acids is 4. The number of carboxylic acids is 2. The van der Waals surface area contributed by atoms with Crippen LogP contribution in [0, 0.1) is 5.92 Å². The maximum atomic E-state index is 12.3. The lowest BCUT2D eigenvalue weighted by Crippen LogP contribution is -2.41. The molecule has 0 bridgehead atoms. The molecule has 0 rings (SSSR count). The molecular weight excluding hydrogens is 708 g/mol. The van der Waals surface area contributed by atoms with Crippen molar-refractivity contribution in [3.8, 4) is 0 Å². The highest BCUT2D eigenvalue weighted by Gasteiger charge is 2.21. The second-order valence-electron chi connectivity index (χ2n) is 14.4. The molecule has 1 atom stereocenters. The molecule has 6 N–H and O–H groups in total.